The third-order valence-corrected chi connectivity index (χ3v) is 8.14. The van der Waals surface area contributed by atoms with Crippen LogP contribution in [0.5, 0.6) is 0 Å². The number of hydrogen-bond acceptors (Lipinski definition) is 6. The molecule has 1 fully saturated rings. The van der Waals surface area contributed by atoms with Crippen molar-refractivity contribution < 1.29 is 12.8 Å². The summed E-state index contributed by atoms with van der Waals surface area (Å²) < 4.78 is 39.5. The summed E-state index contributed by atoms with van der Waals surface area (Å²) in [5, 5.41) is 6.43. The van der Waals surface area contributed by atoms with E-state index in [2.05, 4.69) is 15.3 Å². The zero-order chi connectivity index (χ0) is 20.4. The Hall–Kier alpha value is -2.10. The van der Waals surface area contributed by atoms with Gasteiger partial charge in [-0.15, -0.1) is 11.3 Å². The van der Waals surface area contributed by atoms with E-state index >= 15 is 0 Å². The molecule has 29 heavy (non-hydrogen) atoms. The Labute approximate surface area is 173 Å². The highest BCUT2D eigenvalue weighted by Crippen LogP contribution is 2.37. The summed E-state index contributed by atoms with van der Waals surface area (Å²) >= 11 is 1.53. The van der Waals surface area contributed by atoms with Crippen LogP contribution in [0.1, 0.15) is 26.2 Å². The van der Waals surface area contributed by atoms with Crippen LogP contribution in [0, 0.1) is 5.82 Å². The SMILES string of the molecule is CCCS(=O)(=O)N1CCC(Nc2ncnc3scc(-c4ccc(F)cc4)c23)CC1. The van der Waals surface area contributed by atoms with E-state index in [9.17, 15) is 12.8 Å². The van der Waals surface area contributed by atoms with E-state index in [1.54, 1.807) is 16.4 Å². The fourth-order valence-electron chi connectivity index (χ4n) is 3.69. The van der Waals surface area contributed by atoms with Gasteiger partial charge in [-0.05, 0) is 37.0 Å². The largest absolute Gasteiger partial charge is 0.367 e. The number of fused-ring (bicyclic) bond motifs is 1. The predicted molar refractivity (Wildman–Crippen MR) is 115 cm³/mol. The molecule has 1 aliphatic rings. The van der Waals surface area contributed by atoms with Crippen LogP contribution in [0.3, 0.4) is 0 Å². The second-order valence-electron chi connectivity index (χ2n) is 7.19. The highest BCUT2D eigenvalue weighted by Gasteiger charge is 2.28. The lowest BCUT2D eigenvalue weighted by Crippen LogP contribution is -2.43. The number of benzene rings is 1. The average molecular weight is 435 g/mol. The molecule has 1 aliphatic heterocycles. The summed E-state index contributed by atoms with van der Waals surface area (Å²) in [7, 11) is -3.15. The zero-order valence-corrected chi connectivity index (χ0v) is 17.8. The molecule has 0 aliphatic carbocycles. The van der Waals surface area contributed by atoms with E-state index < -0.39 is 10.0 Å². The molecular formula is C20H23FN4O2S2. The van der Waals surface area contributed by atoms with E-state index in [0.29, 0.717) is 19.5 Å². The number of anilines is 1. The molecular weight excluding hydrogens is 411 g/mol. The van der Waals surface area contributed by atoms with Crippen LogP contribution in [0.2, 0.25) is 0 Å². The van der Waals surface area contributed by atoms with Crippen molar-refractivity contribution in [2.45, 2.75) is 32.2 Å². The lowest BCUT2D eigenvalue weighted by molar-refractivity contribution is 0.329. The van der Waals surface area contributed by atoms with Crippen LogP contribution in [-0.2, 0) is 10.0 Å². The number of nitrogens with one attached hydrogen (secondary N) is 1. The number of aromatic nitrogens is 2. The first-order chi connectivity index (χ1) is 14.0. The molecule has 0 bridgehead atoms. The third-order valence-electron chi connectivity index (χ3n) is 5.18. The molecule has 3 heterocycles. The van der Waals surface area contributed by atoms with Crippen molar-refractivity contribution in [2.75, 3.05) is 24.2 Å². The number of nitrogens with zero attached hydrogens (tertiary/aromatic N) is 3. The first kappa shape index (κ1) is 20.2. The van der Waals surface area contributed by atoms with Gasteiger partial charge in [0.1, 0.15) is 22.8 Å². The van der Waals surface area contributed by atoms with Gasteiger partial charge in [0, 0.05) is 30.1 Å². The van der Waals surface area contributed by atoms with Gasteiger partial charge in [0.05, 0.1) is 11.1 Å². The van der Waals surface area contributed by atoms with Gasteiger partial charge in [0.2, 0.25) is 10.0 Å². The maximum Gasteiger partial charge on any atom is 0.214 e. The lowest BCUT2D eigenvalue weighted by Gasteiger charge is -2.32. The number of halogens is 1. The van der Waals surface area contributed by atoms with Crippen LogP contribution < -0.4 is 5.32 Å². The number of sulfonamides is 1. The summed E-state index contributed by atoms with van der Waals surface area (Å²) in [5.41, 5.74) is 1.88. The van der Waals surface area contributed by atoms with E-state index in [1.165, 1.54) is 29.8 Å². The molecule has 3 aromatic rings. The zero-order valence-electron chi connectivity index (χ0n) is 16.1. The molecule has 6 nitrogen and oxygen atoms in total. The smallest absolute Gasteiger partial charge is 0.214 e. The van der Waals surface area contributed by atoms with Gasteiger partial charge >= 0.3 is 0 Å². The normalized spacial score (nSPS) is 16.3. The van der Waals surface area contributed by atoms with E-state index in [1.807, 2.05) is 12.3 Å². The first-order valence-corrected chi connectivity index (χ1v) is 12.2. The molecule has 0 amide bonds. The highest BCUT2D eigenvalue weighted by molar-refractivity contribution is 7.89. The van der Waals surface area contributed by atoms with Gasteiger partial charge in [0.25, 0.3) is 0 Å². The Kier molecular flexibility index (Phi) is 5.80. The van der Waals surface area contributed by atoms with Crippen LogP contribution >= 0.6 is 11.3 Å². The van der Waals surface area contributed by atoms with Crippen LogP contribution in [-0.4, -0.2) is 47.6 Å². The van der Waals surface area contributed by atoms with Crippen LogP contribution in [0.25, 0.3) is 21.3 Å². The molecule has 1 saturated heterocycles. The fraction of sp³-hybridized carbons (Fsp3) is 0.400. The minimum Gasteiger partial charge on any atom is -0.367 e. The third kappa shape index (κ3) is 4.26. The Morgan fingerprint density at radius 3 is 2.62 bits per heavy atom. The Balaban J connectivity index is 1.55. The van der Waals surface area contributed by atoms with Gasteiger partial charge in [-0.1, -0.05) is 19.1 Å². The second kappa shape index (κ2) is 8.33. The molecule has 9 heteroatoms. The van der Waals surface area contributed by atoms with Crippen molar-refractivity contribution in [3.8, 4) is 11.1 Å². The highest BCUT2D eigenvalue weighted by atomic mass is 32.2. The molecule has 2 aromatic heterocycles. The molecule has 0 saturated carbocycles. The quantitative estimate of drug-likeness (QED) is 0.632. The minimum atomic E-state index is -3.15. The molecule has 154 valence electrons. The van der Waals surface area contributed by atoms with Crippen molar-refractivity contribution in [3.05, 3.63) is 41.8 Å². The molecule has 4 rings (SSSR count). The second-order valence-corrected chi connectivity index (χ2v) is 10.1. The molecule has 0 unspecified atom stereocenters. The van der Waals surface area contributed by atoms with Crippen molar-refractivity contribution in [2.24, 2.45) is 0 Å². The van der Waals surface area contributed by atoms with Crippen molar-refractivity contribution >= 4 is 37.4 Å². The minimum absolute atomic E-state index is 0.141. The number of rotatable bonds is 6. The summed E-state index contributed by atoms with van der Waals surface area (Å²) in [6.45, 7) is 2.91. The Morgan fingerprint density at radius 2 is 1.93 bits per heavy atom. The molecule has 0 radical (unpaired) electrons. The van der Waals surface area contributed by atoms with Crippen LogP contribution in [0.4, 0.5) is 10.2 Å². The van der Waals surface area contributed by atoms with E-state index in [0.717, 1.165) is 40.0 Å². The number of thiophene rings is 1. The topological polar surface area (TPSA) is 75.2 Å². The Morgan fingerprint density at radius 1 is 1.21 bits per heavy atom. The predicted octanol–water partition coefficient (Wildman–Crippen LogP) is 4.11. The molecule has 1 N–H and O–H groups in total. The summed E-state index contributed by atoms with van der Waals surface area (Å²) in [6, 6.07) is 6.54. The molecule has 0 spiro atoms. The van der Waals surface area contributed by atoms with Gasteiger partial charge in [-0.3, -0.25) is 0 Å². The first-order valence-electron chi connectivity index (χ1n) is 9.70. The summed E-state index contributed by atoms with van der Waals surface area (Å²) in [6.07, 6.45) is 3.62. The maximum atomic E-state index is 13.3. The monoisotopic (exact) mass is 434 g/mol. The summed E-state index contributed by atoms with van der Waals surface area (Å²) in [4.78, 5) is 9.69. The average Bonchev–Trinajstić information content (AvgIpc) is 3.14. The van der Waals surface area contributed by atoms with E-state index in [-0.39, 0.29) is 17.6 Å². The molecule has 1 aromatic carbocycles. The van der Waals surface area contributed by atoms with Crippen molar-refractivity contribution in [1.29, 1.82) is 0 Å². The standard InChI is InChI=1S/C20H23FN4O2S2/c1-2-11-29(26,27)25-9-7-16(8-10-25)24-19-18-17(12-28-20(18)23-13-22-19)14-3-5-15(21)6-4-14/h3-6,12-13,16H,2,7-11H2,1H3,(H,22,23,24). The fourth-order valence-corrected chi connectivity index (χ4v) is 6.14. The van der Waals surface area contributed by atoms with Gasteiger partial charge in [-0.2, -0.15) is 0 Å². The lowest BCUT2D eigenvalue weighted by atomic mass is 10.0. The van der Waals surface area contributed by atoms with E-state index in [4.69, 9.17) is 0 Å². The van der Waals surface area contributed by atoms with Gasteiger partial charge < -0.3 is 5.32 Å². The van der Waals surface area contributed by atoms with Gasteiger partial charge in [0.15, 0.2) is 0 Å². The van der Waals surface area contributed by atoms with Gasteiger partial charge in [-0.25, -0.2) is 27.1 Å². The molecule has 0 atom stereocenters. The van der Waals surface area contributed by atoms with Crippen molar-refractivity contribution in [3.63, 3.8) is 0 Å². The van der Waals surface area contributed by atoms with Crippen molar-refractivity contribution in [1.82, 2.24) is 14.3 Å². The summed E-state index contributed by atoms with van der Waals surface area (Å²) in [5.74, 6) is 0.672. The number of piperidine rings is 1. The maximum absolute atomic E-state index is 13.3. The Bertz CT molecular complexity index is 1090. The van der Waals surface area contributed by atoms with Crippen LogP contribution in [0.15, 0.2) is 36.0 Å². The number of hydrogen-bond donors (Lipinski definition) is 1.